The van der Waals surface area contributed by atoms with Gasteiger partial charge in [0, 0.05) is 23.8 Å². The number of nitrogens with zero attached hydrogens (tertiary/aromatic N) is 3. The summed E-state index contributed by atoms with van der Waals surface area (Å²) in [6.45, 7) is 0. The summed E-state index contributed by atoms with van der Waals surface area (Å²) < 4.78 is 17.5. The fourth-order valence-corrected chi connectivity index (χ4v) is 2.95. The quantitative estimate of drug-likeness (QED) is 0.604. The molecule has 116 valence electrons. The molecular weight excluding hydrogens is 305 g/mol. The van der Waals surface area contributed by atoms with E-state index in [2.05, 4.69) is 6.07 Å². The standard InChI is InChI=1S/C19H12FN3O/c20-16-11-13(7-8-18(16)24)23-17-6-2-1-5-14(17)15(12-21)19(23)22-9-3-4-10-22/h1-11,24H. The summed E-state index contributed by atoms with van der Waals surface area (Å²) in [5.74, 6) is -0.478. The van der Waals surface area contributed by atoms with Crippen molar-refractivity contribution in [2.24, 2.45) is 0 Å². The molecule has 0 radical (unpaired) electrons. The Morgan fingerprint density at radius 2 is 1.75 bits per heavy atom. The van der Waals surface area contributed by atoms with E-state index in [1.165, 1.54) is 12.1 Å². The van der Waals surface area contributed by atoms with Crippen LogP contribution in [0.2, 0.25) is 0 Å². The Kier molecular flexibility index (Phi) is 3.10. The number of para-hydroxylation sites is 1. The van der Waals surface area contributed by atoms with Crippen molar-refractivity contribution < 1.29 is 9.50 Å². The highest BCUT2D eigenvalue weighted by molar-refractivity contribution is 5.92. The van der Waals surface area contributed by atoms with E-state index in [1.807, 2.05) is 57.9 Å². The SMILES string of the molecule is N#Cc1c(-n2cccc2)n(-c2ccc(O)c(F)c2)c2ccccc12. The van der Waals surface area contributed by atoms with Crippen molar-refractivity contribution in [3.63, 3.8) is 0 Å². The van der Waals surface area contributed by atoms with Gasteiger partial charge in [-0.1, -0.05) is 18.2 Å². The largest absolute Gasteiger partial charge is 0.505 e. The van der Waals surface area contributed by atoms with Crippen molar-refractivity contribution >= 4 is 10.9 Å². The van der Waals surface area contributed by atoms with Crippen LogP contribution in [0.5, 0.6) is 5.75 Å². The Morgan fingerprint density at radius 3 is 2.46 bits per heavy atom. The summed E-state index contributed by atoms with van der Waals surface area (Å²) in [6, 6.07) is 17.7. The summed E-state index contributed by atoms with van der Waals surface area (Å²) in [5.41, 5.74) is 1.84. The average Bonchev–Trinajstić information content (AvgIpc) is 3.22. The van der Waals surface area contributed by atoms with Gasteiger partial charge in [0.2, 0.25) is 0 Å². The molecule has 5 heteroatoms. The first-order chi connectivity index (χ1) is 11.7. The van der Waals surface area contributed by atoms with Gasteiger partial charge in [-0.15, -0.1) is 0 Å². The highest BCUT2D eigenvalue weighted by Crippen LogP contribution is 2.32. The number of aromatic nitrogens is 2. The first-order valence-electron chi connectivity index (χ1n) is 7.36. The van der Waals surface area contributed by atoms with E-state index >= 15 is 0 Å². The predicted octanol–water partition coefficient (Wildman–Crippen LogP) is 4.14. The normalized spacial score (nSPS) is 10.8. The lowest BCUT2D eigenvalue weighted by Crippen LogP contribution is -2.04. The molecule has 2 heterocycles. The van der Waals surface area contributed by atoms with E-state index in [-0.39, 0.29) is 0 Å². The van der Waals surface area contributed by atoms with Crippen molar-refractivity contribution in [2.75, 3.05) is 0 Å². The van der Waals surface area contributed by atoms with Gasteiger partial charge in [-0.25, -0.2) is 4.39 Å². The topological polar surface area (TPSA) is 53.9 Å². The maximum absolute atomic E-state index is 13.9. The van der Waals surface area contributed by atoms with Crippen LogP contribution in [0.25, 0.3) is 22.4 Å². The minimum atomic E-state index is -0.706. The number of phenols is 1. The molecule has 4 nitrogen and oxygen atoms in total. The Balaban J connectivity index is 2.16. The smallest absolute Gasteiger partial charge is 0.166 e. The van der Waals surface area contributed by atoms with Crippen molar-refractivity contribution in [3.05, 3.63) is 78.4 Å². The highest BCUT2D eigenvalue weighted by Gasteiger charge is 2.19. The van der Waals surface area contributed by atoms with Gasteiger partial charge in [-0.3, -0.25) is 4.57 Å². The van der Waals surface area contributed by atoms with Crippen LogP contribution in [0.1, 0.15) is 5.56 Å². The second kappa shape index (κ2) is 5.28. The summed E-state index contributed by atoms with van der Waals surface area (Å²) in [6.07, 6.45) is 3.67. The molecule has 0 fully saturated rings. The Hall–Kier alpha value is -3.52. The molecule has 0 aliphatic rings. The number of rotatable bonds is 2. The van der Waals surface area contributed by atoms with Crippen molar-refractivity contribution in [2.45, 2.75) is 0 Å². The zero-order valence-electron chi connectivity index (χ0n) is 12.5. The maximum Gasteiger partial charge on any atom is 0.166 e. The molecule has 0 saturated carbocycles. The fourth-order valence-electron chi connectivity index (χ4n) is 2.95. The Bertz CT molecular complexity index is 1090. The minimum absolute atomic E-state index is 0.404. The summed E-state index contributed by atoms with van der Waals surface area (Å²) >= 11 is 0. The average molecular weight is 317 g/mol. The second-order valence-electron chi connectivity index (χ2n) is 5.39. The maximum atomic E-state index is 13.9. The molecule has 0 saturated heterocycles. The molecule has 0 amide bonds. The molecule has 24 heavy (non-hydrogen) atoms. The molecular formula is C19H12FN3O. The fraction of sp³-hybridized carbons (Fsp3) is 0. The summed E-state index contributed by atoms with van der Waals surface area (Å²) in [4.78, 5) is 0. The van der Waals surface area contributed by atoms with Gasteiger partial charge in [-0.2, -0.15) is 5.26 Å². The van der Waals surface area contributed by atoms with Crippen LogP contribution >= 0.6 is 0 Å². The molecule has 2 aromatic carbocycles. The van der Waals surface area contributed by atoms with E-state index in [0.29, 0.717) is 17.1 Å². The Morgan fingerprint density at radius 1 is 1.00 bits per heavy atom. The number of hydrogen-bond donors (Lipinski definition) is 1. The number of aromatic hydroxyl groups is 1. The van der Waals surface area contributed by atoms with Gasteiger partial charge in [0.15, 0.2) is 11.6 Å². The molecule has 0 aliphatic carbocycles. The first-order valence-corrected chi connectivity index (χ1v) is 7.36. The lowest BCUT2D eigenvalue weighted by Gasteiger charge is -2.12. The molecule has 4 aromatic rings. The van der Waals surface area contributed by atoms with Gasteiger partial charge < -0.3 is 9.67 Å². The minimum Gasteiger partial charge on any atom is -0.505 e. The van der Waals surface area contributed by atoms with E-state index < -0.39 is 11.6 Å². The summed E-state index contributed by atoms with van der Waals surface area (Å²) in [5, 5.41) is 19.9. The highest BCUT2D eigenvalue weighted by atomic mass is 19.1. The number of nitriles is 1. The third-order valence-electron chi connectivity index (χ3n) is 4.00. The number of hydrogen-bond acceptors (Lipinski definition) is 2. The van der Waals surface area contributed by atoms with Crippen LogP contribution in [0.4, 0.5) is 4.39 Å². The first kappa shape index (κ1) is 14.1. The second-order valence-corrected chi connectivity index (χ2v) is 5.39. The van der Waals surface area contributed by atoms with Crippen LogP contribution in [-0.4, -0.2) is 14.2 Å². The van der Waals surface area contributed by atoms with Crippen LogP contribution in [0.15, 0.2) is 67.0 Å². The molecule has 0 atom stereocenters. The van der Waals surface area contributed by atoms with Crippen molar-refractivity contribution in [1.82, 2.24) is 9.13 Å². The van der Waals surface area contributed by atoms with Crippen molar-refractivity contribution in [1.29, 1.82) is 5.26 Å². The summed E-state index contributed by atoms with van der Waals surface area (Å²) in [7, 11) is 0. The van der Waals surface area contributed by atoms with Gasteiger partial charge in [0.25, 0.3) is 0 Å². The molecule has 0 unspecified atom stereocenters. The molecule has 0 spiro atoms. The van der Waals surface area contributed by atoms with E-state index in [1.54, 1.807) is 6.07 Å². The van der Waals surface area contributed by atoms with E-state index in [4.69, 9.17) is 0 Å². The molecule has 1 N–H and O–H groups in total. The number of fused-ring (bicyclic) bond motifs is 1. The Labute approximate surface area is 137 Å². The molecule has 0 bridgehead atoms. The zero-order valence-corrected chi connectivity index (χ0v) is 12.5. The van der Waals surface area contributed by atoms with Crippen LogP contribution in [-0.2, 0) is 0 Å². The molecule has 4 rings (SSSR count). The molecule has 0 aliphatic heterocycles. The van der Waals surface area contributed by atoms with E-state index in [9.17, 15) is 14.8 Å². The van der Waals surface area contributed by atoms with Gasteiger partial charge in [-0.05, 0) is 30.3 Å². The lowest BCUT2D eigenvalue weighted by molar-refractivity contribution is 0.432. The third-order valence-corrected chi connectivity index (χ3v) is 4.00. The zero-order chi connectivity index (χ0) is 16.7. The van der Waals surface area contributed by atoms with Crippen molar-refractivity contribution in [3.8, 4) is 23.3 Å². The van der Waals surface area contributed by atoms with Gasteiger partial charge in [0.05, 0.1) is 11.2 Å². The van der Waals surface area contributed by atoms with Crippen LogP contribution in [0.3, 0.4) is 0 Å². The number of benzene rings is 2. The monoisotopic (exact) mass is 317 g/mol. The predicted molar refractivity (Wildman–Crippen MR) is 88.9 cm³/mol. The van der Waals surface area contributed by atoms with Gasteiger partial charge >= 0.3 is 0 Å². The van der Waals surface area contributed by atoms with Crippen LogP contribution < -0.4 is 0 Å². The number of halogens is 1. The third kappa shape index (κ3) is 1.97. The number of phenolic OH excluding ortho intramolecular Hbond substituents is 1. The van der Waals surface area contributed by atoms with Crippen LogP contribution in [0, 0.1) is 17.1 Å². The molecule has 2 aromatic heterocycles. The van der Waals surface area contributed by atoms with E-state index in [0.717, 1.165) is 10.9 Å². The van der Waals surface area contributed by atoms with Gasteiger partial charge in [0.1, 0.15) is 17.5 Å². The lowest BCUT2D eigenvalue weighted by atomic mass is 10.2.